The topological polar surface area (TPSA) is 28.7 Å². The number of fused-ring (bicyclic) bond motifs is 1. The zero-order valence-corrected chi connectivity index (χ0v) is 11.6. The first kappa shape index (κ1) is 11.6. The summed E-state index contributed by atoms with van der Waals surface area (Å²) in [6, 6.07) is 4.20. The third-order valence-corrected chi connectivity index (χ3v) is 3.49. The molecule has 0 saturated carbocycles. The van der Waals surface area contributed by atoms with Crippen LogP contribution in [-0.2, 0) is 6.42 Å². The summed E-state index contributed by atoms with van der Waals surface area (Å²) in [7, 11) is 0. The Morgan fingerprint density at radius 1 is 1.44 bits per heavy atom. The smallest absolute Gasteiger partial charge is 0.107 e. The van der Waals surface area contributed by atoms with Gasteiger partial charge in [0.05, 0.1) is 11.0 Å². The van der Waals surface area contributed by atoms with Gasteiger partial charge >= 0.3 is 0 Å². The summed E-state index contributed by atoms with van der Waals surface area (Å²) in [4.78, 5) is 8.07. The molecule has 2 rings (SSSR count). The van der Waals surface area contributed by atoms with E-state index in [2.05, 4.69) is 58.8 Å². The second-order valence-corrected chi connectivity index (χ2v) is 5.44. The van der Waals surface area contributed by atoms with Crippen LogP contribution >= 0.6 is 15.9 Å². The van der Waals surface area contributed by atoms with Crippen molar-refractivity contribution < 1.29 is 0 Å². The highest BCUT2D eigenvalue weighted by Crippen LogP contribution is 2.23. The van der Waals surface area contributed by atoms with Gasteiger partial charge in [-0.1, -0.05) is 36.2 Å². The summed E-state index contributed by atoms with van der Waals surface area (Å²) in [5.74, 6) is 1.79. The fourth-order valence-electron chi connectivity index (χ4n) is 1.87. The Morgan fingerprint density at radius 2 is 2.19 bits per heavy atom. The number of hydrogen-bond acceptors (Lipinski definition) is 1. The Balaban J connectivity index is 2.40. The summed E-state index contributed by atoms with van der Waals surface area (Å²) >= 11 is 3.51. The van der Waals surface area contributed by atoms with Gasteiger partial charge in [0.1, 0.15) is 5.82 Å². The molecule has 1 N–H and O–H groups in total. The van der Waals surface area contributed by atoms with Crippen LogP contribution in [0.15, 0.2) is 16.6 Å². The Morgan fingerprint density at radius 3 is 2.88 bits per heavy atom. The van der Waals surface area contributed by atoms with Gasteiger partial charge in [0.2, 0.25) is 0 Å². The molecule has 0 fully saturated rings. The van der Waals surface area contributed by atoms with Crippen molar-refractivity contribution in [2.24, 2.45) is 5.92 Å². The molecule has 0 aliphatic rings. The summed E-state index contributed by atoms with van der Waals surface area (Å²) in [5.41, 5.74) is 3.45. The first-order valence-electron chi connectivity index (χ1n) is 5.75. The first-order valence-corrected chi connectivity index (χ1v) is 6.54. The van der Waals surface area contributed by atoms with E-state index in [1.807, 2.05) is 0 Å². The first-order chi connectivity index (χ1) is 7.60. The molecule has 0 spiro atoms. The van der Waals surface area contributed by atoms with Crippen molar-refractivity contribution in [1.29, 1.82) is 0 Å². The molecule has 1 aromatic heterocycles. The lowest BCUT2D eigenvalue weighted by Gasteiger charge is -2.03. The highest BCUT2D eigenvalue weighted by Gasteiger charge is 2.08. The minimum Gasteiger partial charge on any atom is -0.342 e. The number of rotatable bonds is 3. The number of aromatic amines is 1. The number of nitrogens with zero attached hydrogens (tertiary/aromatic N) is 1. The molecule has 1 atom stereocenters. The molecule has 0 aliphatic carbocycles. The highest BCUT2D eigenvalue weighted by molar-refractivity contribution is 9.10. The van der Waals surface area contributed by atoms with Crippen molar-refractivity contribution in [2.45, 2.75) is 33.6 Å². The molecular weight excluding hydrogens is 264 g/mol. The third kappa shape index (κ3) is 2.29. The third-order valence-electron chi connectivity index (χ3n) is 3.03. The van der Waals surface area contributed by atoms with Gasteiger partial charge in [0, 0.05) is 10.9 Å². The van der Waals surface area contributed by atoms with Crippen molar-refractivity contribution in [2.75, 3.05) is 0 Å². The molecule has 16 heavy (non-hydrogen) atoms. The Kier molecular flexibility index (Phi) is 3.33. The van der Waals surface area contributed by atoms with E-state index in [1.165, 1.54) is 12.0 Å². The summed E-state index contributed by atoms with van der Waals surface area (Å²) < 4.78 is 1.11. The maximum absolute atomic E-state index is 4.66. The number of imidazole rings is 1. The van der Waals surface area contributed by atoms with E-state index in [0.29, 0.717) is 5.92 Å². The number of nitrogens with one attached hydrogen (secondary N) is 1. The van der Waals surface area contributed by atoms with Crippen LogP contribution in [0.5, 0.6) is 0 Å². The van der Waals surface area contributed by atoms with Crippen molar-refractivity contribution in [3.05, 3.63) is 28.0 Å². The Bertz CT molecular complexity index is 502. The fourth-order valence-corrected chi connectivity index (χ4v) is 2.44. The average molecular weight is 281 g/mol. The van der Waals surface area contributed by atoms with Crippen LogP contribution in [0, 0.1) is 12.8 Å². The zero-order chi connectivity index (χ0) is 11.7. The van der Waals surface area contributed by atoms with Crippen LogP contribution in [0.25, 0.3) is 11.0 Å². The van der Waals surface area contributed by atoms with Gasteiger partial charge in [-0.15, -0.1) is 0 Å². The molecule has 3 heteroatoms. The van der Waals surface area contributed by atoms with E-state index in [-0.39, 0.29) is 0 Å². The molecule has 1 unspecified atom stereocenters. The second kappa shape index (κ2) is 4.58. The number of benzene rings is 1. The van der Waals surface area contributed by atoms with E-state index in [4.69, 9.17) is 0 Å². The van der Waals surface area contributed by atoms with Crippen molar-refractivity contribution in [3.8, 4) is 0 Å². The van der Waals surface area contributed by atoms with E-state index < -0.39 is 0 Å². The molecule has 1 aromatic carbocycles. The summed E-state index contributed by atoms with van der Waals surface area (Å²) in [5, 5.41) is 0. The van der Waals surface area contributed by atoms with E-state index >= 15 is 0 Å². The molecule has 86 valence electrons. The summed E-state index contributed by atoms with van der Waals surface area (Å²) in [6.07, 6.45) is 2.22. The van der Waals surface area contributed by atoms with Crippen LogP contribution in [0.1, 0.15) is 31.7 Å². The summed E-state index contributed by atoms with van der Waals surface area (Å²) in [6.45, 7) is 6.58. The predicted octanol–water partition coefficient (Wildman–Crippen LogP) is 4.22. The number of hydrogen-bond donors (Lipinski definition) is 1. The molecule has 0 aliphatic heterocycles. The minimum atomic E-state index is 0.685. The molecule has 0 bridgehead atoms. The van der Waals surface area contributed by atoms with Gasteiger partial charge < -0.3 is 4.98 Å². The van der Waals surface area contributed by atoms with Crippen LogP contribution in [-0.4, -0.2) is 9.97 Å². The van der Waals surface area contributed by atoms with Gasteiger partial charge in [-0.2, -0.15) is 0 Å². The van der Waals surface area contributed by atoms with Crippen molar-refractivity contribution >= 4 is 27.0 Å². The Labute approximate surface area is 105 Å². The molecule has 1 heterocycles. The van der Waals surface area contributed by atoms with Crippen LogP contribution < -0.4 is 0 Å². The molecule has 0 saturated heterocycles. The molecule has 0 radical (unpaired) electrons. The van der Waals surface area contributed by atoms with E-state index in [0.717, 1.165) is 27.8 Å². The minimum absolute atomic E-state index is 0.685. The average Bonchev–Trinajstić information content (AvgIpc) is 2.60. The van der Waals surface area contributed by atoms with Crippen LogP contribution in [0.4, 0.5) is 0 Å². The van der Waals surface area contributed by atoms with Crippen LogP contribution in [0.3, 0.4) is 0 Å². The fraction of sp³-hybridized carbons (Fsp3) is 0.462. The number of aromatic nitrogens is 2. The van der Waals surface area contributed by atoms with Crippen LogP contribution in [0.2, 0.25) is 0 Å². The largest absolute Gasteiger partial charge is 0.342 e. The highest BCUT2D eigenvalue weighted by atomic mass is 79.9. The van der Waals surface area contributed by atoms with Gasteiger partial charge in [-0.05, 0) is 30.5 Å². The van der Waals surface area contributed by atoms with Gasteiger partial charge in [-0.25, -0.2) is 4.98 Å². The quantitative estimate of drug-likeness (QED) is 0.896. The standard InChI is InChI=1S/C13H17BrN2/c1-4-8(2)5-12-15-11-7-10(14)6-9(3)13(11)16-12/h6-8H,4-5H2,1-3H3,(H,15,16). The molecule has 2 nitrogen and oxygen atoms in total. The normalized spacial score (nSPS) is 13.2. The predicted molar refractivity (Wildman–Crippen MR) is 71.7 cm³/mol. The number of aryl methyl sites for hydroxylation is 1. The molecular formula is C13H17BrN2. The maximum atomic E-state index is 4.66. The number of halogens is 1. The maximum Gasteiger partial charge on any atom is 0.107 e. The van der Waals surface area contributed by atoms with E-state index in [1.54, 1.807) is 0 Å². The molecule has 2 aromatic rings. The lowest BCUT2D eigenvalue weighted by atomic mass is 10.1. The van der Waals surface area contributed by atoms with Gasteiger partial charge in [-0.3, -0.25) is 0 Å². The van der Waals surface area contributed by atoms with Gasteiger partial charge in [0.15, 0.2) is 0 Å². The Hall–Kier alpha value is -0.830. The second-order valence-electron chi connectivity index (χ2n) is 4.52. The van der Waals surface area contributed by atoms with Crippen molar-refractivity contribution in [1.82, 2.24) is 9.97 Å². The monoisotopic (exact) mass is 280 g/mol. The lowest BCUT2D eigenvalue weighted by molar-refractivity contribution is 0.547. The SMILES string of the molecule is CCC(C)Cc1nc2c(C)cc(Br)cc2[nH]1. The molecule has 0 amide bonds. The van der Waals surface area contributed by atoms with Gasteiger partial charge in [0.25, 0.3) is 0 Å². The number of H-pyrrole nitrogens is 1. The lowest BCUT2D eigenvalue weighted by Crippen LogP contribution is -1.99. The zero-order valence-electron chi connectivity index (χ0n) is 9.97. The van der Waals surface area contributed by atoms with Crippen molar-refractivity contribution in [3.63, 3.8) is 0 Å². The van der Waals surface area contributed by atoms with E-state index in [9.17, 15) is 0 Å².